The minimum atomic E-state index is -3.70. The van der Waals surface area contributed by atoms with Gasteiger partial charge in [-0.05, 0) is 26.0 Å². The number of nitrogens with two attached hydrogens (primary N) is 1. The fourth-order valence-corrected chi connectivity index (χ4v) is 3.72. The van der Waals surface area contributed by atoms with Crippen LogP contribution in [0.4, 0.5) is 5.82 Å². The fourth-order valence-electron chi connectivity index (χ4n) is 1.55. The number of nitrogen functional groups attached to an aromatic ring is 1. The summed E-state index contributed by atoms with van der Waals surface area (Å²) in [7, 11) is -3.70. The normalized spacial score (nSPS) is 13.4. The average molecular weight is 298 g/mol. The summed E-state index contributed by atoms with van der Waals surface area (Å²) in [5.74, 6) is -0.0162. The van der Waals surface area contributed by atoms with Crippen LogP contribution in [0, 0.1) is 6.92 Å². The van der Waals surface area contributed by atoms with E-state index in [0.717, 1.165) is 5.69 Å². The standard InChI is InChI=1S/C11H14N4O2S2/c1-7-6-18-11(14-7)8(2)15-19(16,17)9-4-3-5-13-10(9)12/h3-6,8,15H,1-2H3,(H2,12,13). The van der Waals surface area contributed by atoms with E-state index in [1.807, 2.05) is 12.3 Å². The Morgan fingerprint density at radius 1 is 1.47 bits per heavy atom. The summed E-state index contributed by atoms with van der Waals surface area (Å²) in [6.45, 7) is 3.60. The Labute approximate surface area is 115 Å². The first kappa shape index (κ1) is 13.9. The Morgan fingerprint density at radius 2 is 2.21 bits per heavy atom. The zero-order chi connectivity index (χ0) is 14.0. The van der Waals surface area contributed by atoms with Crippen LogP contribution in [0.5, 0.6) is 0 Å². The smallest absolute Gasteiger partial charge is 0.244 e. The number of pyridine rings is 1. The summed E-state index contributed by atoms with van der Waals surface area (Å²) < 4.78 is 26.9. The molecule has 0 aromatic carbocycles. The third kappa shape index (κ3) is 3.09. The lowest BCUT2D eigenvalue weighted by Crippen LogP contribution is -2.27. The molecule has 2 aromatic heterocycles. The summed E-state index contributed by atoms with van der Waals surface area (Å²) in [4.78, 5) is 8.01. The van der Waals surface area contributed by atoms with E-state index >= 15 is 0 Å². The molecule has 0 bridgehead atoms. The number of aromatic nitrogens is 2. The second kappa shape index (κ2) is 5.24. The highest BCUT2D eigenvalue weighted by molar-refractivity contribution is 7.89. The lowest BCUT2D eigenvalue weighted by molar-refractivity contribution is 0.566. The summed E-state index contributed by atoms with van der Waals surface area (Å²) in [5, 5.41) is 2.59. The van der Waals surface area contributed by atoms with E-state index in [-0.39, 0.29) is 10.7 Å². The zero-order valence-electron chi connectivity index (χ0n) is 10.5. The monoisotopic (exact) mass is 298 g/mol. The predicted octanol–water partition coefficient (Wildman–Crippen LogP) is 1.47. The molecular formula is C11H14N4O2S2. The molecular weight excluding hydrogens is 284 g/mol. The number of thiazole rings is 1. The molecule has 2 aromatic rings. The van der Waals surface area contributed by atoms with Crippen LogP contribution in [0.15, 0.2) is 28.6 Å². The quantitative estimate of drug-likeness (QED) is 0.890. The highest BCUT2D eigenvalue weighted by Gasteiger charge is 2.22. The second-order valence-corrected chi connectivity index (χ2v) is 6.63. The SMILES string of the molecule is Cc1csc(C(C)NS(=O)(=O)c2cccnc2N)n1. The van der Waals surface area contributed by atoms with E-state index in [0.29, 0.717) is 5.01 Å². The number of hydrogen-bond acceptors (Lipinski definition) is 6. The van der Waals surface area contributed by atoms with Crippen molar-refractivity contribution >= 4 is 27.2 Å². The number of sulfonamides is 1. The van der Waals surface area contributed by atoms with Crippen molar-refractivity contribution in [1.29, 1.82) is 0 Å². The van der Waals surface area contributed by atoms with Crippen LogP contribution < -0.4 is 10.5 Å². The van der Waals surface area contributed by atoms with Gasteiger partial charge in [0.2, 0.25) is 10.0 Å². The molecule has 2 rings (SSSR count). The summed E-state index contributed by atoms with van der Waals surface area (Å²) in [5.41, 5.74) is 6.45. The van der Waals surface area contributed by atoms with Gasteiger partial charge in [0.1, 0.15) is 15.7 Å². The first-order valence-corrected chi connectivity index (χ1v) is 7.91. The van der Waals surface area contributed by atoms with Crippen molar-refractivity contribution in [3.05, 3.63) is 34.4 Å². The molecule has 8 heteroatoms. The average Bonchev–Trinajstić information content (AvgIpc) is 2.76. The Hall–Kier alpha value is -1.51. The Balaban J connectivity index is 2.25. The van der Waals surface area contributed by atoms with Crippen molar-refractivity contribution in [3.63, 3.8) is 0 Å². The molecule has 3 N–H and O–H groups in total. The summed E-state index contributed by atoms with van der Waals surface area (Å²) in [6, 6.07) is 2.54. The van der Waals surface area contributed by atoms with E-state index < -0.39 is 16.1 Å². The highest BCUT2D eigenvalue weighted by atomic mass is 32.2. The van der Waals surface area contributed by atoms with Crippen LogP contribution in [0.1, 0.15) is 23.7 Å². The van der Waals surface area contributed by atoms with Gasteiger partial charge in [0, 0.05) is 17.3 Å². The summed E-state index contributed by atoms with van der Waals surface area (Å²) in [6.07, 6.45) is 1.45. The molecule has 2 heterocycles. The van der Waals surface area contributed by atoms with Crippen molar-refractivity contribution < 1.29 is 8.42 Å². The molecule has 102 valence electrons. The van der Waals surface area contributed by atoms with Crippen LogP contribution in [-0.4, -0.2) is 18.4 Å². The topological polar surface area (TPSA) is 98.0 Å². The van der Waals surface area contributed by atoms with Crippen molar-refractivity contribution in [2.24, 2.45) is 0 Å². The first-order chi connectivity index (χ1) is 8.90. The van der Waals surface area contributed by atoms with Crippen LogP contribution in [0.25, 0.3) is 0 Å². The number of hydrogen-bond donors (Lipinski definition) is 2. The zero-order valence-corrected chi connectivity index (χ0v) is 12.1. The molecule has 0 aliphatic heterocycles. The number of aryl methyl sites for hydroxylation is 1. The van der Waals surface area contributed by atoms with Gasteiger partial charge in [-0.1, -0.05) is 0 Å². The maximum Gasteiger partial charge on any atom is 0.244 e. The molecule has 0 aliphatic rings. The maximum absolute atomic E-state index is 12.2. The van der Waals surface area contributed by atoms with Gasteiger partial charge in [-0.3, -0.25) is 0 Å². The number of anilines is 1. The van der Waals surface area contributed by atoms with Crippen molar-refractivity contribution in [3.8, 4) is 0 Å². The van der Waals surface area contributed by atoms with Gasteiger partial charge in [0.05, 0.1) is 6.04 Å². The fraction of sp³-hybridized carbons (Fsp3) is 0.273. The number of nitrogens with zero attached hydrogens (tertiary/aromatic N) is 2. The van der Waals surface area contributed by atoms with Crippen LogP contribution >= 0.6 is 11.3 Å². The van der Waals surface area contributed by atoms with Gasteiger partial charge in [-0.25, -0.2) is 23.1 Å². The molecule has 6 nitrogen and oxygen atoms in total. The minimum Gasteiger partial charge on any atom is -0.383 e. The minimum absolute atomic E-state index is 0.0162. The lowest BCUT2D eigenvalue weighted by atomic mass is 10.4. The van der Waals surface area contributed by atoms with E-state index in [1.165, 1.54) is 29.7 Å². The molecule has 1 unspecified atom stereocenters. The molecule has 19 heavy (non-hydrogen) atoms. The van der Waals surface area contributed by atoms with Gasteiger partial charge >= 0.3 is 0 Å². The number of rotatable bonds is 4. The van der Waals surface area contributed by atoms with Crippen molar-refractivity contribution in [1.82, 2.24) is 14.7 Å². The van der Waals surface area contributed by atoms with Crippen LogP contribution in [-0.2, 0) is 10.0 Å². The van der Waals surface area contributed by atoms with Gasteiger partial charge in [0.15, 0.2) is 0 Å². The molecule has 0 saturated heterocycles. The third-order valence-electron chi connectivity index (χ3n) is 2.43. The lowest BCUT2D eigenvalue weighted by Gasteiger charge is -2.12. The van der Waals surface area contributed by atoms with Gasteiger partial charge in [0.25, 0.3) is 0 Å². The van der Waals surface area contributed by atoms with Gasteiger partial charge in [-0.2, -0.15) is 0 Å². The van der Waals surface area contributed by atoms with E-state index in [2.05, 4.69) is 14.7 Å². The van der Waals surface area contributed by atoms with Crippen molar-refractivity contribution in [2.75, 3.05) is 5.73 Å². The Morgan fingerprint density at radius 3 is 2.79 bits per heavy atom. The van der Waals surface area contributed by atoms with Gasteiger partial charge in [-0.15, -0.1) is 11.3 Å². The van der Waals surface area contributed by atoms with E-state index in [9.17, 15) is 8.42 Å². The molecule has 1 atom stereocenters. The third-order valence-corrected chi connectivity index (χ3v) is 5.16. The second-order valence-electron chi connectivity index (χ2n) is 4.06. The maximum atomic E-state index is 12.2. The molecule has 0 amide bonds. The van der Waals surface area contributed by atoms with Crippen LogP contribution in [0.2, 0.25) is 0 Å². The molecule has 0 spiro atoms. The molecule has 0 fully saturated rings. The molecule has 0 saturated carbocycles. The van der Waals surface area contributed by atoms with E-state index in [1.54, 1.807) is 6.92 Å². The first-order valence-electron chi connectivity index (χ1n) is 5.55. The Bertz CT molecular complexity index is 682. The van der Waals surface area contributed by atoms with E-state index in [4.69, 9.17) is 5.73 Å². The highest BCUT2D eigenvalue weighted by Crippen LogP contribution is 2.21. The predicted molar refractivity (Wildman–Crippen MR) is 74.2 cm³/mol. The van der Waals surface area contributed by atoms with Gasteiger partial charge < -0.3 is 5.73 Å². The summed E-state index contributed by atoms with van der Waals surface area (Å²) >= 11 is 1.41. The molecule has 0 aliphatic carbocycles. The number of nitrogens with one attached hydrogen (secondary N) is 1. The van der Waals surface area contributed by atoms with Crippen molar-refractivity contribution in [2.45, 2.75) is 24.8 Å². The molecule has 0 radical (unpaired) electrons. The largest absolute Gasteiger partial charge is 0.383 e. The van der Waals surface area contributed by atoms with Crippen LogP contribution in [0.3, 0.4) is 0 Å². The Kier molecular flexibility index (Phi) is 3.83.